The average Bonchev–Trinajstić information content (AvgIpc) is 2.49. The van der Waals surface area contributed by atoms with Crippen molar-refractivity contribution in [2.45, 2.75) is 51.6 Å². The van der Waals surface area contributed by atoms with E-state index < -0.39 is 6.43 Å². The van der Waals surface area contributed by atoms with Gasteiger partial charge in [0.2, 0.25) is 0 Å². The zero-order chi connectivity index (χ0) is 15.1. The number of nitrogens with one attached hydrogen (secondary N) is 1. The van der Waals surface area contributed by atoms with Crippen LogP contribution in [0.4, 0.5) is 8.78 Å². The van der Waals surface area contributed by atoms with Crippen LogP contribution in [0.15, 0.2) is 24.3 Å². The first kappa shape index (κ1) is 16.4. The molecule has 0 aliphatic carbocycles. The Kier molecular flexibility index (Phi) is 6.58. The monoisotopic (exact) mass is 296 g/mol. The van der Waals surface area contributed by atoms with Crippen LogP contribution in [0.25, 0.3) is 0 Å². The predicted molar refractivity (Wildman–Crippen MR) is 82.6 cm³/mol. The Balaban J connectivity index is 1.96. The molecule has 1 unspecified atom stereocenters. The summed E-state index contributed by atoms with van der Waals surface area (Å²) in [6.45, 7) is 6.04. The van der Waals surface area contributed by atoms with Gasteiger partial charge in [0.15, 0.2) is 0 Å². The molecule has 1 aliphatic rings. The van der Waals surface area contributed by atoms with Crippen LogP contribution < -0.4 is 5.32 Å². The van der Waals surface area contributed by atoms with Crippen molar-refractivity contribution in [1.82, 2.24) is 10.2 Å². The molecule has 118 valence electrons. The molecule has 2 nitrogen and oxygen atoms in total. The Bertz CT molecular complexity index is 417. The maximum atomic E-state index is 12.8. The Hall–Kier alpha value is -1.00. The predicted octanol–water partition coefficient (Wildman–Crippen LogP) is 3.98. The zero-order valence-corrected chi connectivity index (χ0v) is 12.8. The van der Waals surface area contributed by atoms with Crippen LogP contribution in [0.2, 0.25) is 0 Å². The van der Waals surface area contributed by atoms with E-state index in [9.17, 15) is 8.78 Å². The minimum absolute atomic E-state index is 0.125. The molecular formula is C17H26F2N2. The maximum absolute atomic E-state index is 12.8. The molecule has 0 aromatic heterocycles. The van der Waals surface area contributed by atoms with Crippen LogP contribution in [-0.4, -0.2) is 30.6 Å². The minimum atomic E-state index is -2.38. The van der Waals surface area contributed by atoms with Crippen molar-refractivity contribution in [3.63, 3.8) is 0 Å². The van der Waals surface area contributed by atoms with Crippen molar-refractivity contribution >= 4 is 0 Å². The third kappa shape index (κ3) is 5.36. The molecule has 0 bridgehead atoms. The molecule has 1 aromatic carbocycles. The average molecular weight is 296 g/mol. The second kappa shape index (κ2) is 8.44. The summed E-state index contributed by atoms with van der Waals surface area (Å²) in [5, 5.41) is 3.56. The van der Waals surface area contributed by atoms with E-state index in [1.165, 1.54) is 25.3 Å². The number of halogens is 2. The van der Waals surface area contributed by atoms with E-state index in [1.807, 2.05) is 6.07 Å². The van der Waals surface area contributed by atoms with Crippen LogP contribution in [0.3, 0.4) is 0 Å². The lowest BCUT2D eigenvalue weighted by Crippen LogP contribution is -2.43. The fourth-order valence-electron chi connectivity index (χ4n) is 3.03. The number of hydrogen-bond donors (Lipinski definition) is 1. The summed E-state index contributed by atoms with van der Waals surface area (Å²) in [6.07, 6.45) is 2.47. The number of alkyl halides is 2. The van der Waals surface area contributed by atoms with Gasteiger partial charge in [-0.3, -0.25) is 4.90 Å². The fourth-order valence-corrected chi connectivity index (χ4v) is 3.03. The van der Waals surface area contributed by atoms with E-state index in [0.717, 1.165) is 38.2 Å². The Labute approximate surface area is 126 Å². The number of rotatable bonds is 7. The summed E-state index contributed by atoms with van der Waals surface area (Å²) in [6, 6.07) is 7.37. The molecule has 0 saturated carbocycles. The van der Waals surface area contributed by atoms with Gasteiger partial charge in [0.25, 0.3) is 6.43 Å². The van der Waals surface area contributed by atoms with E-state index in [2.05, 4.69) is 17.1 Å². The molecule has 2 rings (SSSR count). The van der Waals surface area contributed by atoms with Gasteiger partial charge in [0, 0.05) is 24.7 Å². The van der Waals surface area contributed by atoms with Gasteiger partial charge >= 0.3 is 0 Å². The Morgan fingerprint density at radius 1 is 1.33 bits per heavy atom. The lowest BCUT2D eigenvalue weighted by Gasteiger charge is -2.30. The van der Waals surface area contributed by atoms with Crippen LogP contribution in [0, 0.1) is 0 Å². The molecule has 1 N–H and O–H groups in total. The second-order valence-electron chi connectivity index (χ2n) is 5.93. The summed E-state index contributed by atoms with van der Waals surface area (Å²) in [5.41, 5.74) is 1.11. The fraction of sp³-hybridized carbons (Fsp3) is 0.647. The van der Waals surface area contributed by atoms with Gasteiger partial charge in [-0.15, -0.1) is 0 Å². The van der Waals surface area contributed by atoms with Gasteiger partial charge in [-0.2, -0.15) is 0 Å². The third-order valence-corrected chi connectivity index (χ3v) is 4.04. The summed E-state index contributed by atoms with van der Waals surface area (Å²) in [5.74, 6) is 0. The lowest BCUT2D eigenvalue weighted by molar-refractivity contribution is 0.151. The highest BCUT2D eigenvalue weighted by atomic mass is 19.3. The van der Waals surface area contributed by atoms with E-state index in [4.69, 9.17) is 0 Å². The molecule has 1 fully saturated rings. The first-order valence-electron chi connectivity index (χ1n) is 8.01. The lowest BCUT2D eigenvalue weighted by atomic mass is 10.0. The quantitative estimate of drug-likeness (QED) is 0.819. The van der Waals surface area contributed by atoms with Crippen molar-refractivity contribution in [3.05, 3.63) is 35.4 Å². The van der Waals surface area contributed by atoms with Gasteiger partial charge in [-0.1, -0.05) is 31.5 Å². The van der Waals surface area contributed by atoms with Crippen LogP contribution in [0.5, 0.6) is 0 Å². The number of nitrogens with zero attached hydrogens (tertiary/aromatic N) is 1. The largest absolute Gasteiger partial charge is 0.313 e. The Morgan fingerprint density at radius 3 is 2.86 bits per heavy atom. The van der Waals surface area contributed by atoms with Crippen LogP contribution in [-0.2, 0) is 6.54 Å². The van der Waals surface area contributed by atoms with Crippen molar-refractivity contribution < 1.29 is 8.78 Å². The molecule has 1 aromatic rings. The van der Waals surface area contributed by atoms with Gasteiger partial charge in [-0.05, 0) is 44.0 Å². The van der Waals surface area contributed by atoms with Crippen molar-refractivity contribution in [3.8, 4) is 0 Å². The highest BCUT2D eigenvalue weighted by Gasteiger charge is 2.17. The second-order valence-corrected chi connectivity index (χ2v) is 5.93. The highest BCUT2D eigenvalue weighted by Crippen LogP contribution is 2.20. The molecule has 4 heteroatoms. The van der Waals surface area contributed by atoms with Crippen LogP contribution >= 0.6 is 0 Å². The SMILES string of the molecule is CCCN(Cc1cccc(C(F)F)c1)CC1CCCCN1. The van der Waals surface area contributed by atoms with Gasteiger partial charge in [0.1, 0.15) is 0 Å². The van der Waals surface area contributed by atoms with E-state index in [-0.39, 0.29) is 5.56 Å². The topological polar surface area (TPSA) is 15.3 Å². The number of benzene rings is 1. The third-order valence-electron chi connectivity index (χ3n) is 4.04. The van der Waals surface area contributed by atoms with E-state index in [0.29, 0.717) is 6.04 Å². The molecule has 1 heterocycles. The maximum Gasteiger partial charge on any atom is 0.263 e. The van der Waals surface area contributed by atoms with Gasteiger partial charge in [-0.25, -0.2) is 8.78 Å². The zero-order valence-electron chi connectivity index (χ0n) is 12.8. The van der Waals surface area contributed by atoms with Gasteiger partial charge in [0.05, 0.1) is 0 Å². The van der Waals surface area contributed by atoms with E-state index in [1.54, 1.807) is 12.1 Å². The standard InChI is InChI=1S/C17H26F2N2/c1-2-10-21(13-16-8-3-4-9-20-16)12-14-6-5-7-15(11-14)17(18)19/h5-7,11,16-17,20H,2-4,8-10,12-13H2,1H3. The first-order valence-corrected chi connectivity index (χ1v) is 8.01. The molecule has 1 saturated heterocycles. The van der Waals surface area contributed by atoms with Crippen LogP contribution in [0.1, 0.15) is 50.2 Å². The molecule has 1 atom stereocenters. The number of hydrogen-bond acceptors (Lipinski definition) is 2. The van der Waals surface area contributed by atoms with Crippen molar-refractivity contribution in [2.24, 2.45) is 0 Å². The van der Waals surface area contributed by atoms with Crippen molar-refractivity contribution in [2.75, 3.05) is 19.6 Å². The molecule has 1 aliphatic heterocycles. The molecule has 0 spiro atoms. The highest BCUT2D eigenvalue weighted by molar-refractivity contribution is 5.24. The normalized spacial score (nSPS) is 19.4. The summed E-state index contributed by atoms with van der Waals surface area (Å²) in [7, 11) is 0. The van der Waals surface area contributed by atoms with Gasteiger partial charge < -0.3 is 5.32 Å². The summed E-state index contributed by atoms with van der Waals surface area (Å²) < 4.78 is 25.6. The number of piperidine rings is 1. The molecule has 0 amide bonds. The minimum Gasteiger partial charge on any atom is -0.313 e. The first-order chi connectivity index (χ1) is 10.2. The van der Waals surface area contributed by atoms with Crippen molar-refractivity contribution in [1.29, 1.82) is 0 Å². The molecule has 0 radical (unpaired) electrons. The Morgan fingerprint density at radius 2 is 2.19 bits per heavy atom. The summed E-state index contributed by atoms with van der Waals surface area (Å²) >= 11 is 0. The molecular weight excluding hydrogens is 270 g/mol. The molecule has 21 heavy (non-hydrogen) atoms. The smallest absolute Gasteiger partial charge is 0.263 e. The van der Waals surface area contributed by atoms with E-state index >= 15 is 0 Å². The summed E-state index contributed by atoms with van der Waals surface area (Å²) in [4.78, 5) is 2.38.